The van der Waals surface area contributed by atoms with E-state index in [9.17, 15) is 14.7 Å². The van der Waals surface area contributed by atoms with Crippen LogP contribution in [0.25, 0.3) is 5.76 Å². The number of rotatable bonds is 5. The number of carbonyl (C=O) groups excluding carboxylic acids is 2. The summed E-state index contributed by atoms with van der Waals surface area (Å²) in [5.41, 5.74) is 0.853. The van der Waals surface area contributed by atoms with Crippen molar-refractivity contribution in [1.82, 2.24) is 4.90 Å². The number of benzene rings is 2. The zero-order valence-electron chi connectivity index (χ0n) is 15.4. The van der Waals surface area contributed by atoms with E-state index in [4.69, 9.17) is 14.7 Å². The predicted octanol–water partition coefficient (Wildman–Crippen LogP) is 2.65. The molecule has 7 heteroatoms. The molecule has 1 aliphatic heterocycles. The molecule has 1 saturated heterocycles. The van der Waals surface area contributed by atoms with Crippen LogP contribution < -0.4 is 9.47 Å². The van der Waals surface area contributed by atoms with Crippen LogP contribution in [-0.2, 0) is 9.59 Å². The summed E-state index contributed by atoms with van der Waals surface area (Å²) in [5, 5.41) is 19.9. The van der Waals surface area contributed by atoms with Crippen LogP contribution in [0.5, 0.6) is 11.5 Å². The van der Waals surface area contributed by atoms with Gasteiger partial charge in [0, 0.05) is 5.56 Å². The highest BCUT2D eigenvalue weighted by Gasteiger charge is 2.46. The molecule has 2 aromatic rings. The van der Waals surface area contributed by atoms with Gasteiger partial charge in [-0.25, -0.2) is 0 Å². The largest absolute Gasteiger partial charge is 0.507 e. The van der Waals surface area contributed by atoms with E-state index in [1.165, 1.54) is 14.2 Å². The summed E-state index contributed by atoms with van der Waals surface area (Å²) in [6, 6.07) is 14.4. The highest BCUT2D eigenvalue weighted by atomic mass is 16.5. The van der Waals surface area contributed by atoms with Gasteiger partial charge in [-0.1, -0.05) is 36.4 Å². The van der Waals surface area contributed by atoms with E-state index in [1.807, 2.05) is 6.07 Å². The van der Waals surface area contributed by atoms with E-state index >= 15 is 0 Å². The van der Waals surface area contributed by atoms with Crippen molar-refractivity contribution in [3.05, 3.63) is 65.2 Å². The van der Waals surface area contributed by atoms with Crippen molar-refractivity contribution < 1.29 is 24.2 Å². The van der Waals surface area contributed by atoms with Gasteiger partial charge >= 0.3 is 0 Å². The fourth-order valence-corrected chi connectivity index (χ4v) is 3.24. The molecule has 1 fully saturated rings. The molecule has 0 spiro atoms. The zero-order chi connectivity index (χ0) is 20.3. The normalized spacial score (nSPS) is 18.0. The number of likely N-dealkylation sites (tertiary alicyclic amines) is 1. The molecule has 7 nitrogen and oxygen atoms in total. The number of methoxy groups -OCH3 is 2. The van der Waals surface area contributed by atoms with Crippen LogP contribution in [0.15, 0.2) is 54.1 Å². The third-order valence-electron chi connectivity index (χ3n) is 4.55. The Morgan fingerprint density at radius 2 is 1.79 bits per heavy atom. The molecule has 0 aromatic heterocycles. The Bertz CT molecular complexity index is 992. The quantitative estimate of drug-likeness (QED) is 0.372. The Labute approximate surface area is 162 Å². The number of nitrogens with zero attached hydrogens (tertiary/aromatic N) is 2. The summed E-state index contributed by atoms with van der Waals surface area (Å²) in [5.74, 6) is -1.08. The van der Waals surface area contributed by atoms with Gasteiger partial charge in [0.25, 0.3) is 11.7 Å². The number of ketones is 1. The number of hydrogen-bond donors (Lipinski definition) is 1. The number of hydrogen-bond acceptors (Lipinski definition) is 6. The minimum Gasteiger partial charge on any atom is -0.507 e. The minimum atomic E-state index is -0.917. The Morgan fingerprint density at radius 3 is 2.39 bits per heavy atom. The Hall–Kier alpha value is -3.79. The molecule has 28 heavy (non-hydrogen) atoms. The molecule has 142 valence electrons. The average molecular weight is 378 g/mol. The van der Waals surface area contributed by atoms with Crippen molar-refractivity contribution in [2.45, 2.75) is 6.04 Å². The number of Topliss-reactive ketones (excluding diaryl/α,β-unsaturated/α-hetero) is 1. The van der Waals surface area contributed by atoms with Gasteiger partial charge in [0.2, 0.25) is 0 Å². The lowest BCUT2D eigenvalue weighted by molar-refractivity contribution is -0.139. The van der Waals surface area contributed by atoms with Crippen LogP contribution in [0.4, 0.5) is 0 Å². The highest BCUT2D eigenvalue weighted by Crippen LogP contribution is 2.41. The number of nitriles is 1. The minimum absolute atomic E-state index is 0.0707. The standard InChI is InChI=1S/C21H18N2O5/c1-27-15-9-8-14(12-16(15)28-2)18-17(19(24)13-6-4-3-5-7-13)20(25)21(26)23(18)11-10-22/h3-9,12,18,24H,11H2,1-2H3/t18-/m0/s1. The van der Waals surface area contributed by atoms with Gasteiger partial charge < -0.3 is 19.5 Å². The third kappa shape index (κ3) is 3.16. The molecule has 1 amide bonds. The van der Waals surface area contributed by atoms with Crippen LogP contribution in [-0.4, -0.2) is 42.5 Å². The number of aliphatic hydroxyl groups excluding tert-OH is 1. The van der Waals surface area contributed by atoms with Gasteiger partial charge in [-0.2, -0.15) is 5.26 Å². The fourth-order valence-electron chi connectivity index (χ4n) is 3.24. The van der Waals surface area contributed by atoms with Crippen molar-refractivity contribution in [2.75, 3.05) is 20.8 Å². The number of ether oxygens (including phenoxy) is 2. The van der Waals surface area contributed by atoms with Crippen molar-refractivity contribution in [3.8, 4) is 17.6 Å². The number of carbonyl (C=O) groups is 2. The highest BCUT2D eigenvalue weighted by molar-refractivity contribution is 6.46. The Balaban J connectivity index is 2.22. The van der Waals surface area contributed by atoms with E-state index < -0.39 is 17.7 Å². The topological polar surface area (TPSA) is 99.9 Å². The lowest BCUT2D eigenvalue weighted by atomic mass is 9.95. The summed E-state index contributed by atoms with van der Waals surface area (Å²) in [4.78, 5) is 26.4. The first-order chi connectivity index (χ1) is 13.5. The van der Waals surface area contributed by atoms with Crippen molar-refractivity contribution in [2.24, 2.45) is 0 Å². The first-order valence-electron chi connectivity index (χ1n) is 8.46. The second-order valence-electron chi connectivity index (χ2n) is 6.07. The second-order valence-corrected chi connectivity index (χ2v) is 6.07. The summed E-state index contributed by atoms with van der Waals surface area (Å²) in [6.45, 7) is -0.296. The maximum Gasteiger partial charge on any atom is 0.296 e. The van der Waals surface area contributed by atoms with E-state index in [0.29, 0.717) is 22.6 Å². The lowest BCUT2D eigenvalue weighted by Crippen LogP contribution is -2.30. The predicted molar refractivity (Wildman–Crippen MR) is 101 cm³/mol. The van der Waals surface area contributed by atoms with Crippen molar-refractivity contribution >= 4 is 17.4 Å². The van der Waals surface area contributed by atoms with E-state index in [-0.39, 0.29) is 17.9 Å². The maximum atomic E-state index is 12.7. The molecule has 1 heterocycles. The van der Waals surface area contributed by atoms with Crippen LogP contribution in [0.3, 0.4) is 0 Å². The summed E-state index contributed by atoms with van der Waals surface area (Å²) < 4.78 is 10.5. The fraction of sp³-hybridized carbons (Fsp3) is 0.190. The zero-order valence-corrected chi connectivity index (χ0v) is 15.4. The second kappa shape index (κ2) is 7.84. The van der Waals surface area contributed by atoms with E-state index in [2.05, 4.69) is 0 Å². The molecule has 2 aromatic carbocycles. The van der Waals surface area contributed by atoms with Crippen molar-refractivity contribution in [3.63, 3.8) is 0 Å². The summed E-state index contributed by atoms with van der Waals surface area (Å²) in [7, 11) is 2.96. The van der Waals surface area contributed by atoms with Crippen molar-refractivity contribution in [1.29, 1.82) is 5.26 Å². The molecule has 0 aliphatic carbocycles. The SMILES string of the molecule is COc1ccc([C@H]2C(=C(O)c3ccccc3)C(=O)C(=O)N2CC#N)cc1OC. The number of amides is 1. The Kier molecular flexibility index (Phi) is 5.32. The van der Waals surface area contributed by atoms with Gasteiger partial charge in [0.1, 0.15) is 12.3 Å². The Morgan fingerprint density at radius 1 is 1.11 bits per heavy atom. The smallest absolute Gasteiger partial charge is 0.296 e. The molecular weight excluding hydrogens is 360 g/mol. The summed E-state index contributed by atoms with van der Waals surface area (Å²) >= 11 is 0. The van der Waals surface area contributed by atoms with E-state index in [0.717, 1.165) is 4.90 Å². The molecule has 0 saturated carbocycles. The molecule has 0 bridgehead atoms. The molecule has 1 aliphatic rings. The molecule has 0 radical (unpaired) electrons. The van der Waals surface area contributed by atoms with Crippen LogP contribution >= 0.6 is 0 Å². The monoisotopic (exact) mass is 378 g/mol. The van der Waals surface area contributed by atoms with Gasteiger partial charge in [0.05, 0.1) is 31.9 Å². The molecule has 3 rings (SSSR count). The van der Waals surface area contributed by atoms with E-state index in [1.54, 1.807) is 48.5 Å². The molecular formula is C21H18N2O5. The lowest BCUT2D eigenvalue weighted by Gasteiger charge is -2.23. The third-order valence-corrected chi connectivity index (χ3v) is 4.55. The van der Waals surface area contributed by atoms with Crippen LogP contribution in [0.2, 0.25) is 0 Å². The van der Waals surface area contributed by atoms with Gasteiger partial charge in [-0.05, 0) is 17.7 Å². The average Bonchev–Trinajstić information content (AvgIpc) is 2.98. The number of aliphatic hydroxyl groups is 1. The first-order valence-corrected chi connectivity index (χ1v) is 8.46. The van der Waals surface area contributed by atoms with Gasteiger partial charge in [-0.3, -0.25) is 9.59 Å². The maximum absolute atomic E-state index is 12.7. The molecule has 1 atom stereocenters. The van der Waals surface area contributed by atoms with Gasteiger partial charge in [0.15, 0.2) is 11.5 Å². The van der Waals surface area contributed by atoms with Crippen LogP contribution in [0, 0.1) is 11.3 Å². The molecule has 1 N–H and O–H groups in total. The van der Waals surface area contributed by atoms with Crippen LogP contribution in [0.1, 0.15) is 17.2 Å². The summed E-state index contributed by atoms with van der Waals surface area (Å²) in [6.07, 6.45) is 0. The van der Waals surface area contributed by atoms with Gasteiger partial charge in [-0.15, -0.1) is 0 Å². The molecule has 0 unspecified atom stereocenters. The first kappa shape index (κ1) is 19.0.